The van der Waals surface area contributed by atoms with Crippen molar-refractivity contribution in [2.45, 2.75) is 6.18 Å². The third kappa shape index (κ3) is 6.30. The van der Waals surface area contributed by atoms with Crippen LogP contribution in [-0.4, -0.2) is 34.0 Å². The van der Waals surface area contributed by atoms with Gasteiger partial charge in [0, 0.05) is 0 Å². The Hall–Kier alpha value is -4.99. The molecule has 4 aromatic rings. The van der Waals surface area contributed by atoms with Crippen LogP contribution in [0.2, 0.25) is 0 Å². The van der Waals surface area contributed by atoms with Crippen LogP contribution < -0.4 is 15.2 Å². The first-order chi connectivity index (χ1) is 18.6. The number of phenolic OH excluding ortho intramolecular Hbond substituents is 2. The molecule has 0 aliphatic heterocycles. The van der Waals surface area contributed by atoms with E-state index in [-0.39, 0.29) is 34.4 Å². The molecular formula is C29H23F3N2O5. The Labute approximate surface area is 221 Å². The Bertz CT molecular complexity index is 1610. The van der Waals surface area contributed by atoms with E-state index in [4.69, 9.17) is 9.47 Å². The highest BCUT2D eigenvalue weighted by atomic mass is 19.4. The van der Waals surface area contributed by atoms with Crippen molar-refractivity contribution in [2.75, 3.05) is 14.2 Å². The molecule has 0 amide bonds. The van der Waals surface area contributed by atoms with Crippen LogP contribution in [0.5, 0.6) is 23.0 Å². The average molecular weight is 537 g/mol. The Balaban J connectivity index is 1.79. The minimum absolute atomic E-state index is 0.0230. The molecule has 7 nitrogen and oxygen atoms in total. The van der Waals surface area contributed by atoms with Gasteiger partial charge in [0.1, 0.15) is 0 Å². The lowest BCUT2D eigenvalue weighted by Crippen LogP contribution is -2.24. The summed E-state index contributed by atoms with van der Waals surface area (Å²) in [6.07, 6.45) is 2.01. The second kappa shape index (κ2) is 11.2. The maximum Gasteiger partial charge on any atom is 0.416 e. The fourth-order valence-corrected chi connectivity index (χ4v) is 3.75. The van der Waals surface area contributed by atoms with E-state index in [0.717, 1.165) is 12.1 Å². The van der Waals surface area contributed by atoms with E-state index in [2.05, 4.69) is 4.98 Å². The number of alkyl halides is 3. The Morgan fingerprint density at radius 3 is 1.82 bits per heavy atom. The minimum Gasteiger partial charge on any atom is -0.504 e. The summed E-state index contributed by atoms with van der Waals surface area (Å²) in [6, 6.07) is 15.2. The summed E-state index contributed by atoms with van der Waals surface area (Å²) in [6.45, 7) is 0. The van der Waals surface area contributed by atoms with Crippen molar-refractivity contribution in [3.8, 4) is 28.7 Å². The van der Waals surface area contributed by atoms with E-state index in [1.165, 1.54) is 43.1 Å². The maximum atomic E-state index is 13.1. The fourth-order valence-electron chi connectivity index (χ4n) is 3.75. The molecule has 1 aromatic heterocycles. The van der Waals surface area contributed by atoms with Crippen LogP contribution in [0.4, 0.5) is 13.2 Å². The molecular weight excluding hydrogens is 513 g/mol. The third-order valence-corrected chi connectivity index (χ3v) is 5.72. The van der Waals surface area contributed by atoms with Gasteiger partial charge in [-0.2, -0.15) is 18.2 Å². The normalized spacial score (nSPS) is 11.8. The molecule has 0 atom stereocenters. The molecule has 4 rings (SSSR count). The number of rotatable bonds is 7. The number of aromatic hydroxyl groups is 2. The number of phenols is 2. The number of hydrogen-bond acceptors (Lipinski definition) is 6. The number of benzene rings is 3. The van der Waals surface area contributed by atoms with E-state index in [9.17, 15) is 28.2 Å². The number of hydrogen-bond donors (Lipinski definition) is 2. The summed E-state index contributed by atoms with van der Waals surface area (Å²) in [7, 11) is 2.84. The zero-order valence-corrected chi connectivity index (χ0v) is 20.8. The van der Waals surface area contributed by atoms with E-state index >= 15 is 0 Å². The molecule has 0 aliphatic carbocycles. The van der Waals surface area contributed by atoms with E-state index in [1.54, 1.807) is 54.6 Å². The van der Waals surface area contributed by atoms with Gasteiger partial charge in [-0.25, -0.2) is 4.79 Å². The van der Waals surface area contributed by atoms with Gasteiger partial charge in [-0.3, -0.25) is 4.57 Å². The second-order valence-electron chi connectivity index (χ2n) is 8.30. The summed E-state index contributed by atoms with van der Waals surface area (Å²) in [5, 5.41) is 19.7. The topological polar surface area (TPSA) is 93.8 Å². The van der Waals surface area contributed by atoms with Crippen molar-refractivity contribution in [1.29, 1.82) is 0 Å². The SMILES string of the molecule is COc1cc(/C=C/c2cc(/C=C/c3ccc(O)c(OC)c3)n(-c3ccc(C(F)(F)F)cc3)c(=O)n2)ccc1O. The second-order valence-corrected chi connectivity index (χ2v) is 8.30. The molecule has 0 fully saturated rings. The minimum atomic E-state index is -4.52. The molecule has 0 radical (unpaired) electrons. The molecule has 0 bridgehead atoms. The van der Waals surface area contributed by atoms with Crippen molar-refractivity contribution >= 4 is 24.3 Å². The lowest BCUT2D eigenvalue weighted by atomic mass is 10.1. The zero-order chi connectivity index (χ0) is 28.2. The Morgan fingerprint density at radius 1 is 0.769 bits per heavy atom. The van der Waals surface area contributed by atoms with E-state index < -0.39 is 17.4 Å². The standard InChI is InChI=1S/C29H23F3N2O5/c1-38-26-15-18(5-13-24(26)35)3-9-21-17-23(10-4-19-6-14-25(36)27(16-19)39-2)34(28(37)33-21)22-11-7-20(8-12-22)29(30,31)32/h3-17,35-36H,1-2H3/b9-3+,10-4+. The van der Waals surface area contributed by atoms with Gasteiger partial charge in [0.2, 0.25) is 0 Å². The lowest BCUT2D eigenvalue weighted by molar-refractivity contribution is -0.137. The van der Waals surface area contributed by atoms with Gasteiger partial charge in [-0.05, 0) is 77.9 Å². The third-order valence-electron chi connectivity index (χ3n) is 5.72. The predicted octanol–water partition coefficient (Wildman–Crippen LogP) is 6.02. The van der Waals surface area contributed by atoms with Gasteiger partial charge in [0.15, 0.2) is 23.0 Å². The number of nitrogens with zero attached hydrogens (tertiary/aromatic N) is 2. The van der Waals surface area contributed by atoms with Crippen molar-refractivity contribution in [3.05, 3.63) is 105 Å². The van der Waals surface area contributed by atoms with Crippen LogP contribution in [0.15, 0.2) is 71.5 Å². The van der Waals surface area contributed by atoms with Gasteiger partial charge in [0.05, 0.1) is 36.9 Å². The van der Waals surface area contributed by atoms with Gasteiger partial charge >= 0.3 is 11.9 Å². The average Bonchev–Trinajstić information content (AvgIpc) is 2.91. The van der Waals surface area contributed by atoms with Crippen LogP contribution >= 0.6 is 0 Å². The first-order valence-corrected chi connectivity index (χ1v) is 11.5. The molecule has 0 unspecified atom stereocenters. The van der Waals surface area contributed by atoms with Gasteiger partial charge in [-0.1, -0.05) is 24.3 Å². The van der Waals surface area contributed by atoms with Crippen LogP contribution in [-0.2, 0) is 6.18 Å². The summed E-state index contributed by atoms with van der Waals surface area (Å²) >= 11 is 0. The summed E-state index contributed by atoms with van der Waals surface area (Å²) in [4.78, 5) is 17.2. The predicted molar refractivity (Wildman–Crippen MR) is 142 cm³/mol. The van der Waals surface area contributed by atoms with Crippen molar-refractivity contribution < 1.29 is 32.9 Å². The fraction of sp³-hybridized carbons (Fsp3) is 0.103. The molecule has 0 spiro atoms. The highest BCUT2D eigenvalue weighted by Gasteiger charge is 2.30. The number of aromatic nitrogens is 2. The first-order valence-electron chi connectivity index (χ1n) is 11.5. The van der Waals surface area contributed by atoms with Crippen molar-refractivity contribution in [3.63, 3.8) is 0 Å². The molecule has 1 heterocycles. The molecule has 2 N–H and O–H groups in total. The van der Waals surface area contributed by atoms with Crippen LogP contribution in [0.3, 0.4) is 0 Å². The molecule has 39 heavy (non-hydrogen) atoms. The molecule has 3 aromatic carbocycles. The number of ether oxygens (including phenoxy) is 2. The summed E-state index contributed by atoms with van der Waals surface area (Å²) < 4.78 is 50.7. The molecule has 0 saturated heterocycles. The zero-order valence-electron chi connectivity index (χ0n) is 20.8. The Kier molecular flexibility index (Phi) is 7.75. The molecule has 200 valence electrons. The van der Waals surface area contributed by atoms with Crippen LogP contribution in [0.25, 0.3) is 30.0 Å². The maximum absolute atomic E-state index is 13.1. The monoisotopic (exact) mass is 536 g/mol. The number of methoxy groups -OCH3 is 2. The Morgan fingerprint density at radius 2 is 1.31 bits per heavy atom. The van der Waals surface area contributed by atoms with Gasteiger partial charge < -0.3 is 19.7 Å². The summed E-state index contributed by atoms with van der Waals surface area (Å²) in [5.41, 5.74) is 0.588. The van der Waals surface area contributed by atoms with Crippen molar-refractivity contribution in [2.24, 2.45) is 0 Å². The van der Waals surface area contributed by atoms with Gasteiger partial charge in [0.25, 0.3) is 0 Å². The molecule has 10 heteroatoms. The largest absolute Gasteiger partial charge is 0.504 e. The highest BCUT2D eigenvalue weighted by Crippen LogP contribution is 2.30. The molecule has 0 saturated carbocycles. The lowest BCUT2D eigenvalue weighted by Gasteiger charge is -2.12. The van der Waals surface area contributed by atoms with Crippen LogP contribution in [0.1, 0.15) is 28.1 Å². The first kappa shape index (κ1) is 27.1. The quantitative estimate of drug-likeness (QED) is 0.300. The highest BCUT2D eigenvalue weighted by molar-refractivity contribution is 5.74. The van der Waals surface area contributed by atoms with Crippen LogP contribution in [0, 0.1) is 0 Å². The van der Waals surface area contributed by atoms with E-state index in [1.807, 2.05) is 0 Å². The van der Waals surface area contributed by atoms with E-state index in [0.29, 0.717) is 16.8 Å². The van der Waals surface area contributed by atoms with Gasteiger partial charge in [-0.15, -0.1) is 0 Å². The smallest absolute Gasteiger partial charge is 0.416 e. The number of halogens is 3. The summed E-state index contributed by atoms with van der Waals surface area (Å²) in [5.74, 6) is 0.458. The van der Waals surface area contributed by atoms with Crippen molar-refractivity contribution in [1.82, 2.24) is 9.55 Å². The molecule has 0 aliphatic rings.